The highest BCUT2D eigenvalue weighted by Gasteiger charge is 2.66. The highest BCUT2D eigenvalue weighted by Crippen LogP contribution is 2.69. The van der Waals surface area contributed by atoms with Crippen LogP contribution in [0.2, 0.25) is 0 Å². The smallest absolute Gasteiger partial charge is 0.0637 e. The molecular formula is C39H78N6O3. The molecule has 0 amide bonds. The van der Waals surface area contributed by atoms with E-state index in [1.807, 2.05) is 0 Å². The molecule has 0 bridgehead atoms. The first-order chi connectivity index (χ1) is 23.3. The molecule has 0 spiro atoms. The molecule has 4 rings (SSSR count). The number of hydrogen-bond donors (Lipinski definition) is 6. The number of ether oxygens (including phenoxy) is 3. The van der Waals surface area contributed by atoms with Gasteiger partial charge in [-0.25, -0.2) is 0 Å². The summed E-state index contributed by atoms with van der Waals surface area (Å²) in [6.45, 7) is 17.3. The minimum atomic E-state index is 0.166. The highest BCUT2D eigenvalue weighted by atomic mass is 16.5. The normalized spacial score (nSPS) is 36.8. The van der Waals surface area contributed by atoms with Crippen LogP contribution in [0.15, 0.2) is 0 Å². The minimum absolute atomic E-state index is 0.166. The third-order valence-electron chi connectivity index (χ3n) is 13.8. The van der Waals surface area contributed by atoms with Crippen LogP contribution in [0, 0.1) is 46.3 Å². The molecule has 9 nitrogen and oxygen atoms in total. The Hall–Kier alpha value is -0.360. The fourth-order valence-electron chi connectivity index (χ4n) is 11.2. The average Bonchev–Trinajstić information content (AvgIpc) is 3.44. The first kappa shape index (κ1) is 40.4. The lowest BCUT2D eigenvalue weighted by atomic mass is 9.43. The van der Waals surface area contributed by atoms with Crippen LogP contribution in [0.3, 0.4) is 0 Å². The van der Waals surface area contributed by atoms with Gasteiger partial charge in [-0.15, -0.1) is 0 Å². The monoisotopic (exact) mass is 679 g/mol. The highest BCUT2D eigenvalue weighted by molar-refractivity contribution is 5.15. The molecule has 0 heterocycles. The van der Waals surface area contributed by atoms with E-state index in [-0.39, 0.29) is 11.5 Å². The van der Waals surface area contributed by atoms with Gasteiger partial charge in [0.2, 0.25) is 0 Å². The zero-order valence-electron chi connectivity index (χ0n) is 31.4. The number of nitrogens with one attached hydrogen (secondary N) is 2. The molecule has 4 fully saturated rings. The van der Waals surface area contributed by atoms with Crippen LogP contribution in [0.1, 0.15) is 111 Å². The SMILES string of the molecule is C[C@H](CCCNCCCNCCCN)C1CC[C@H]2C3C(OCCCN)CC4C[C@H](OCCCN)CC[C@]4(C)[C@H]3C[C@H](OCCCN)[C@]12C. The first-order valence-corrected chi connectivity index (χ1v) is 20.4. The maximum atomic E-state index is 7.02. The third-order valence-corrected chi connectivity index (χ3v) is 13.8. The lowest BCUT2D eigenvalue weighted by molar-refractivity contribution is -0.227. The van der Waals surface area contributed by atoms with Crippen LogP contribution in [0.4, 0.5) is 0 Å². The number of fused-ring (bicyclic) bond motifs is 5. The van der Waals surface area contributed by atoms with Gasteiger partial charge in [0, 0.05) is 25.2 Å². The predicted molar refractivity (Wildman–Crippen MR) is 199 cm³/mol. The fraction of sp³-hybridized carbons (Fsp3) is 1.00. The summed E-state index contributed by atoms with van der Waals surface area (Å²) in [6.07, 6.45) is 17.0. The van der Waals surface area contributed by atoms with Gasteiger partial charge in [0.05, 0.1) is 18.3 Å². The molecular weight excluding hydrogens is 600 g/mol. The summed E-state index contributed by atoms with van der Waals surface area (Å²) >= 11 is 0. The Morgan fingerprint density at radius 1 is 0.667 bits per heavy atom. The summed E-state index contributed by atoms with van der Waals surface area (Å²) < 4.78 is 20.3. The van der Waals surface area contributed by atoms with Crippen LogP contribution in [0.25, 0.3) is 0 Å². The minimum Gasteiger partial charge on any atom is -0.378 e. The lowest BCUT2D eigenvalue weighted by Crippen LogP contribution is -2.63. The van der Waals surface area contributed by atoms with Crippen molar-refractivity contribution in [2.45, 2.75) is 129 Å². The van der Waals surface area contributed by atoms with Crippen molar-refractivity contribution in [2.75, 3.05) is 72.2 Å². The van der Waals surface area contributed by atoms with E-state index in [0.29, 0.717) is 72.8 Å². The zero-order valence-corrected chi connectivity index (χ0v) is 31.4. The van der Waals surface area contributed by atoms with E-state index < -0.39 is 0 Å². The summed E-state index contributed by atoms with van der Waals surface area (Å²) in [5.74, 6) is 3.83. The zero-order chi connectivity index (χ0) is 34.4. The van der Waals surface area contributed by atoms with Gasteiger partial charge < -0.3 is 47.8 Å². The molecule has 0 aromatic carbocycles. The maximum absolute atomic E-state index is 7.02. The van der Waals surface area contributed by atoms with Crippen LogP contribution < -0.4 is 33.6 Å². The van der Waals surface area contributed by atoms with Crippen LogP contribution in [-0.4, -0.2) is 90.5 Å². The molecule has 4 aliphatic carbocycles. The van der Waals surface area contributed by atoms with Gasteiger partial charge in [-0.3, -0.25) is 0 Å². The van der Waals surface area contributed by atoms with E-state index in [9.17, 15) is 0 Å². The molecule has 9 heteroatoms. The standard InChI is InChI=1S/C39H78N6O3/c1-29(10-4-19-44-21-9-22-45-20-5-15-40)32-11-12-33-37-34(28-36(39(32,33)3)48-25-8-18-43)38(2)14-13-31(46-23-6-16-41)26-30(38)27-35(37)47-24-7-17-42/h29-37,44-45H,4-28,40-43H2,1-3H3/t29-,30?,31-,32?,33+,34+,35?,36+,37?,38+,39-/m1/s1. The van der Waals surface area contributed by atoms with Crippen molar-refractivity contribution >= 4 is 0 Å². The van der Waals surface area contributed by atoms with Gasteiger partial charge in [0.15, 0.2) is 0 Å². The molecule has 282 valence electrons. The quantitative estimate of drug-likeness (QED) is 0.0815. The van der Waals surface area contributed by atoms with Crippen molar-refractivity contribution in [1.29, 1.82) is 0 Å². The third kappa shape index (κ3) is 9.94. The Morgan fingerprint density at radius 2 is 1.29 bits per heavy atom. The number of nitrogens with two attached hydrogens (primary N) is 4. The van der Waals surface area contributed by atoms with E-state index in [1.54, 1.807) is 0 Å². The van der Waals surface area contributed by atoms with E-state index in [0.717, 1.165) is 91.1 Å². The van der Waals surface area contributed by atoms with Gasteiger partial charge in [-0.2, -0.15) is 0 Å². The molecule has 48 heavy (non-hydrogen) atoms. The summed E-state index contributed by atoms with van der Waals surface area (Å²) in [4.78, 5) is 0. The van der Waals surface area contributed by atoms with Crippen molar-refractivity contribution in [3.05, 3.63) is 0 Å². The van der Waals surface area contributed by atoms with Gasteiger partial charge in [0.25, 0.3) is 0 Å². The molecule has 0 aromatic rings. The predicted octanol–water partition coefficient (Wildman–Crippen LogP) is 4.40. The van der Waals surface area contributed by atoms with Gasteiger partial charge in [-0.05, 0) is 183 Å². The molecule has 0 aromatic heterocycles. The molecule has 0 radical (unpaired) electrons. The second-order valence-corrected chi connectivity index (χ2v) is 16.6. The number of rotatable bonds is 24. The van der Waals surface area contributed by atoms with Crippen molar-refractivity contribution in [3.63, 3.8) is 0 Å². The topological polar surface area (TPSA) is 156 Å². The van der Waals surface area contributed by atoms with Crippen molar-refractivity contribution < 1.29 is 14.2 Å². The summed E-state index contributed by atoms with van der Waals surface area (Å²) in [5, 5.41) is 7.19. The summed E-state index contributed by atoms with van der Waals surface area (Å²) in [7, 11) is 0. The summed E-state index contributed by atoms with van der Waals surface area (Å²) in [5.41, 5.74) is 23.8. The van der Waals surface area contributed by atoms with Gasteiger partial charge in [-0.1, -0.05) is 20.8 Å². The fourth-order valence-corrected chi connectivity index (χ4v) is 11.2. The Kier molecular flexibility index (Phi) is 17.4. The first-order valence-electron chi connectivity index (χ1n) is 20.4. The Labute approximate surface area is 294 Å². The Balaban J connectivity index is 1.46. The second-order valence-electron chi connectivity index (χ2n) is 16.6. The van der Waals surface area contributed by atoms with Crippen molar-refractivity contribution in [2.24, 2.45) is 69.3 Å². The molecule has 0 saturated heterocycles. The van der Waals surface area contributed by atoms with Crippen molar-refractivity contribution in [1.82, 2.24) is 10.6 Å². The average molecular weight is 679 g/mol. The molecule has 4 saturated carbocycles. The van der Waals surface area contributed by atoms with Crippen LogP contribution in [-0.2, 0) is 14.2 Å². The van der Waals surface area contributed by atoms with E-state index in [2.05, 4.69) is 31.4 Å². The molecule has 11 atom stereocenters. The van der Waals surface area contributed by atoms with Crippen LogP contribution in [0.5, 0.6) is 0 Å². The molecule has 0 aliphatic heterocycles. The van der Waals surface area contributed by atoms with Crippen molar-refractivity contribution in [3.8, 4) is 0 Å². The number of hydrogen-bond acceptors (Lipinski definition) is 9. The molecule has 4 aliphatic rings. The lowest BCUT2D eigenvalue weighted by Gasteiger charge is -2.65. The summed E-state index contributed by atoms with van der Waals surface area (Å²) in [6, 6.07) is 0. The Bertz CT molecular complexity index is 885. The van der Waals surface area contributed by atoms with E-state index in [4.69, 9.17) is 37.1 Å². The van der Waals surface area contributed by atoms with E-state index in [1.165, 1.54) is 51.4 Å². The molecule has 10 N–H and O–H groups in total. The van der Waals surface area contributed by atoms with Gasteiger partial charge in [0.1, 0.15) is 0 Å². The maximum Gasteiger partial charge on any atom is 0.0637 e. The Morgan fingerprint density at radius 3 is 1.98 bits per heavy atom. The van der Waals surface area contributed by atoms with E-state index >= 15 is 0 Å². The van der Waals surface area contributed by atoms with Crippen LogP contribution >= 0.6 is 0 Å². The van der Waals surface area contributed by atoms with Gasteiger partial charge >= 0.3 is 0 Å². The molecule has 4 unspecified atom stereocenters. The largest absolute Gasteiger partial charge is 0.378 e. The second kappa shape index (κ2) is 20.6.